The number of fused-ring (bicyclic) bond motifs is 1. The number of nitrogens with one attached hydrogen (secondary N) is 2. The Bertz CT molecular complexity index is 888. The molecule has 0 aliphatic rings. The van der Waals surface area contributed by atoms with E-state index < -0.39 is 0 Å². The number of aliphatic hydroxyl groups excluding tert-OH is 1. The number of rotatable bonds is 5. The number of nitrogens with zero attached hydrogens (tertiary/aromatic N) is 3. The Morgan fingerprint density at radius 3 is 2.72 bits per heavy atom. The molecule has 0 aliphatic heterocycles. The summed E-state index contributed by atoms with van der Waals surface area (Å²) in [6.07, 6.45) is 3.35. The predicted molar refractivity (Wildman–Crippen MR) is 96.1 cm³/mol. The summed E-state index contributed by atoms with van der Waals surface area (Å²) in [6.45, 7) is 4.36. The van der Waals surface area contributed by atoms with Crippen LogP contribution in [0.25, 0.3) is 11.0 Å². The molecule has 7 heteroatoms. The minimum atomic E-state index is -0.329. The monoisotopic (exact) mass is 339 g/mol. The first-order valence-corrected chi connectivity index (χ1v) is 8.14. The number of pyridine rings is 1. The van der Waals surface area contributed by atoms with Crippen molar-refractivity contribution in [1.82, 2.24) is 20.1 Å². The van der Waals surface area contributed by atoms with Gasteiger partial charge in [0.2, 0.25) is 0 Å². The largest absolute Gasteiger partial charge is 0.392 e. The Morgan fingerprint density at radius 1 is 1.24 bits per heavy atom. The van der Waals surface area contributed by atoms with Crippen molar-refractivity contribution < 1.29 is 9.90 Å². The van der Waals surface area contributed by atoms with Gasteiger partial charge in [0.1, 0.15) is 0 Å². The van der Waals surface area contributed by atoms with Crippen LogP contribution in [-0.2, 0) is 13.2 Å². The summed E-state index contributed by atoms with van der Waals surface area (Å²) in [6, 6.07) is 9.17. The van der Waals surface area contributed by atoms with E-state index in [-0.39, 0.29) is 18.7 Å². The fraction of sp³-hybridized carbons (Fsp3) is 0.278. The third-order valence-electron chi connectivity index (χ3n) is 3.91. The standard InChI is InChI=1S/C18H21N5O2/c1-12(2)23-17-15(9-21-23)7-16(10-19-17)22-18(25)20-8-13-5-3-4-6-14(13)11-24/h3-7,9-10,12,24H,8,11H2,1-2H3,(H2,20,22,25). The number of hydrogen-bond donors (Lipinski definition) is 3. The molecule has 25 heavy (non-hydrogen) atoms. The van der Waals surface area contributed by atoms with Crippen LogP contribution in [-0.4, -0.2) is 25.9 Å². The van der Waals surface area contributed by atoms with Crippen molar-refractivity contribution in [2.24, 2.45) is 0 Å². The summed E-state index contributed by atoms with van der Waals surface area (Å²) in [5.74, 6) is 0. The summed E-state index contributed by atoms with van der Waals surface area (Å²) in [5.41, 5.74) is 3.07. The summed E-state index contributed by atoms with van der Waals surface area (Å²) in [5, 5.41) is 20.1. The molecular formula is C18H21N5O2. The van der Waals surface area contributed by atoms with Crippen molar-refractivity contribution in [3.8, 4) is 0 Å². The van der Waals surface area contributed by atoms with E-state index in [1.165, 1.54) is 0 Å². The first-order chi connectivity index (χ1) is 12.1. The lowest BCUT2D eigenvalue weighted by atomic mass is 10.1. The van der Waals surface area contributed by atoms with Gasteiger partial charge in [-0.2, -0.15) is 5.10 Å². The smallest absolute Gasteiger partial charge is 0.319 e. The van der Waals surface area contributed by atoms with Gasteiger partial charge in [0.15, 0.2) is 5.65 Å². The van der Waals surface area contributed by atoms with E-state index in [1.54, 1.807) is 12.4 Å². The summed E-state index contributed by atoms with van der Waals surface area (Å²) in [7, 11) is 0. The van der Waals surface area contributed by atoms with Crippen molar-refractivity contribution >= 4 is 22.8 Å². The number of aliphatic hydroxyl groups is 1. The maximum atomic E-state index is 12.1. The van der Waals surface area contributed by atoms with Gasteiger partial charge in [0, 0.05) is 18.0 Å². The summed E-state index contributed by atoms with van der Waals surface area (Å²) in [4.78, 5) is 16.5. The van der Waals surface area contributed by atoms with Crippen LogP contribution in [0.3, 0.4) is 0 Å². The second-order valence-corrected chi connectivity index (χ2v) is 6.05. The Morgan fingerprint density at radius 2 is 2.00 bits per heavy atom. The number of hydrogen-bond acceptors (Lipinski definition) is 4. The second kappa shape index (κ2) is 7.31. The molecule has 0 saturated carbocycles. The maximum absolute atomic E-state index is 12.1. The van der Waals surface area contributed by atoms with Gasteiger partial charge in [0.25, 0.3) is 0 Å². The molecule has 3 rings (SSSR count). The lowest BCUT2D eigenvalue weighted by Gasteiger charge is -2.10. The number of benzene rings is 1. The molecule has 2 aromatic heterocycles. The number of amides is 2. The molecule has 0 atom stereocenters. The Balaban J connectivity index is 1.66. The third kappa shape index (κ3) is 3.77. The predicted octanol–water partition coefficient (Wildman–Crippen LogP) is 2.83. The normalized spacial score (nSPS) is 11.0. The first-order valence-electron chi connectivity index (χ1n) is 8.14. The van der Waals surface area contributed by atoms with Crippen molar-refractivity contribution in [3.63, 3.8) is 0 Å². The molecule has 0 saturated heterocycles. The van der Waals surface area contributed by atoms with E-state index in [0.29, 0.717) is 12.2 Å². The quantitative estimate of drug-likeness (QED) is 0.666. The molecule has 7 nitrogen and oxygen atoms in total. The van der Waals surface area contributed by atoms with Crippen molar-refractivity contribution in [1.29, 1.82) is 0 Å². The fourth-order valence-electron chi connectivity index (χ4n) is 2.62. The summed E-state index contributed by atoms with van der Waals surface area (Å²) >= 11 is 0. The highest BCUT2D eigenvalue weighted by molar-refractivity contribution is 5.91. The first kappa shape index (κ1) is 16.9. The molecule has 3 aromatic rings. The molecule has 2 amide bonds. The van der Waals surface area contributed by atoms with E-state index >= 15 is 0 Å². The average Bonchev–Trinajstić information content (AvgIpc) is 3.03. The van der Waals surface area contributed by atoms with Crippen molar-refractivity contribution in [3.05, 3.63) is 53.9 Å². The highest BCUT2D eigenvalue weighted by Crippen LogP contribution is 2.19. The molecule has 0 spiro atoms. The molecule has 1 aromatic carbocycles. The van der Waals surface area contributed by atoms with Crippen LogP contribution < -0.4 is 10.6 Å². The molecule has 0 fully saturated rings. The number of aromatic nitrogens is 3. The lowest BCUT2D eigenvalue weighted by molar-refractivity contribution is 0.251. The number of anilines is 1. The van der Waals surface area contributed by atoms with Crippen LogP contribution in [0, 0.1) is 0 Å². The Labute approximate surface area is 145 Å². The Hall–Kier alpha value is -2.93. The fourth-order valence-corrected chi connectivity index (χ4v) is 2.62. The number of carbonyl (C=O) groups is 1. The SMILES string of the molecule is CC(C)n1ncc2cc(NC(=O)NCc3ccccc3CO)cnc21. The van der Waals surface area contributed by atoms with Gasteiger partial charge < -0.3 is 15.7 Å². The van der Waals surface area contributed by atoms with Gasteiger partial charge >= 0.3 is 6.03 Å². The zero-order valence-corrected chi connectivity index (χ0v) is 14.2. The van der Waals surface area contributed by atoms with E-state index in [9.17, 15) is 9.90 Å². The van der Waals surface area contributed by atoms with E-state index in [1.807, 2.05) is 48.9 Å². The van der Waals surface area contributed by atoms with E-state index in [4.69, 9.17) is 0 Å². The van der Waals surface area contributed by atoms with Gasteiger partial charge in [-0.1, -0.05) is 24.3 Å². The van der Waals surface area contributed by atoms with Crippen molar-refractivity contribution in [2.45, 2.75) is 33.0 Å². The zero-order valence-electron chi connectivity index (χ0n) is 14.2. The molecular weight excluding hydrogens is 318 g/mol. The highest BCUT2D eigenvalue weighted by atomic mass is 16.3. The molecule has 0 radical (unpaired) electrons. The van der Waals surface area contributed by atoms with E-state index in [2.05, 4.69) is 20.7 Å². The molecule has 3 N–H and O–H groups in total. The van der Waals surface area contributed by atoms with Gasteiger partial charge in [0.05, 0.1) is 24.7 Å². The van der Waals surface area contributed by atoms with Gasteiger partial charge in [-0.3, -0.25) is 0 Å². The van der Waals surface area contributed by atoms with Crippen LogP contribution in [0.15, 0.2) is 42.7 Å². The van der Waals surface area contributed by atoms with E-state index in [0.717, 1.165) is 22.2 Å². The van der Waals surface area contributed by atoms with Gasteiger partial charge in [-0.15, -0.1) is 0 Å². The molecule has 0 bridgehead atoms. The summed E-state index contributed by atoms with van der Waals surface area (Å²) < 4.78 is 1.84. The van der Waals surface area contributed by atoms with Crippen LogP contribution in [0.2, 0.25) is 0 Å². The highest BCUT2D eigenvalue weighted by Gasteiger charge is 2.09. The topological polar surface area (TPSA) is 92.1 Å². The van der Waals surface area contributed by atoms with Gasteiger partial charge in [-0.05, 0) is 31.0 Å². The molecule has 0 aliphatic carbocycles. The minimum Gasteiger partial charge on any atom is -0.392 e. The van der Waals surface area contributed by atoms with Crippen LogP contribution in [0.4, 0.5) is 10.5 Å². The molecule has 0 unspecified atom stereocenters. The van der Waals surface area contributed by atoms with Gasteiger partial charge in [-0.25, -0.2) is 14.5 Å². The number of carbonyl (C=O) groups excluding carboxylic acids is 1. The zero-order chi connectivity index (χ0) is 17.8. The van der Waals surface area contributed by atoms with Crippen LogP contribution in [0.1, 0.15) is 31.0 Å². The maximum Gasteiger partial charge on any atom is 0.319 e. The van der Waals surface area contributed by atoms with Crippen molar-refractivity contribution in [2.75, 3.05) is 5.32 Å². The lowest BCUT2D eigenvalue weighted by Crippen LogP contribution is -2.28. The number of urea groups is 1. The Kier molecular flexibility index (Phi) is 4.95. The van der Waals surface area contributed by atoms with Crippen LogP contribution >= 0.6 is 0 Å². The second-order valence-electron chi connectivity index (χ2n) is 6.05. The van der Waals surface area contributed by atoms with Crippen LogP contribution in [0.5, 0.6) is 0 Å². The third-order valence-corrected chi connectivity index (χ3v) is 3.91. The average molecular weight is 339 g/mol. The molecule has 2 heterocycles. The minimum absolute atomic E-state index is 0.0557. The molecule has 130 valence electrons.